The molecule has 176 valence electrons. The van der Waals surface area contributed by atoms with Crippen LogP contribution in [0, 0.1) is 0 Å². The van der Waals surface area contributed by atoms with Gasteiger partial charge < -0.3 is 14.8 Å². The van der Waals surface area contributed by atoms with E-state index in [1.165, 1.54) is 35.7 Å². The third-order valence-electron chi connectivity index (χ3n) is 4.98. The molecule has 1 saturated heterocycles. The van der Waals surface area contributed by atoms with Crippen LogP contribution < -0.4 is 15.4 Å². The second-order valence-electron chi connectivity index (χ2n) is 7.27. The molecule has 2 N–H and O–H groups in total. The van der Waals surface area contributed by atoms with Gasteiger partial charge in [-0.15, -0.1) is 0 Å². The molecule has 0 aliphatic carbocycles. The molecule has 1 fully saturated rings. The van der Waals surface area contributed by atoms with Crippen LogP contribution in [0.15, 0.2) is 53.4 Å². The second kappa shape index (κ2) is 10.9. The quantitative estimate of drug-likeness (QED) is 0.588. The smallest absolute Gasteiger partial charge is 0.340 e. The standard InChI is InChI=1S/C22H25N3O7S/c1-31-17-11-9-16(10-12-17)23-22(28)24-20(26)15-32-21(27)18-7-3-4-8-19(18)33(29,30)25-13-5-2-6-14-25/h3-4,7-12H,2,5-6,13-15H2,1H3,(H2,23,24,26,28). The number of rotatable bonds is 7. The zero-order valence-electron chi connectivity index (χ0n) is 18.1. The number of hydrogen-bond acceptors (Lipinski definition) is 7. The summed E-state index contributed by atoms with van der Waals surface area (Å²) in [6, 6.07) is 11.3. The van der Waals surface area contributed by atoms with Gasteiger partial charge in [-0.3, -0.25) is 10.1 Å². The highest BCUT2D eigenvalue weighted by Crippen LogP contribution is 2.24. The van der Waals surface area contributed by atoms with Crippen LogP contribution >= 0.6 is 0 Å². The van der Waals surface area contributed by atoms with Gasteiger partial charge in [-0.05, 0) is 49.2 Å². The Hall–Kier alpha value is -3.44. The molecule has 3 amide bonds. The Bertz CT molecular complexity index is 1110. The number of carbonyl (C=O) groups is 3. The minimum Gasteiger partial charge on any atom is -0.497 e. The Kier molecular flexibility index (Phi) is 8.01. The van der Waals surface area contributed by atoms with E-state index in [0.717, 1.165) is 19.3 Å². The number of methoxy groups -OCH3 is 1. The van der Waals surface area contributed by atoms with Crippen molar-refractivity contribution < 1.29 is 32.3 Å². The molecule has 0 atom stereocenters. The Labute approximate surface area is 191 Å². The molecule has 1 aliphatic rings. The summed E-state index contributed by atoms with van der Waals surface area (Å²) in [5.74, 6) is -1.24. The summed E-state index contributed by atoms with van der Waals surface area (Å²) in [4.78, 5) is 36.3. The van der Waals surface area contributed by atoms with Gasteiger partial charge in [-0.1, -0.05) is 18.6 Å². The SMILES string of the molecule is COc1ccc(NC(=O)NC(=O)COC(=O)c2ccccc2S(=O)(=O)N2CCCCC2)cc1. The van der Waals surface area contributed by atoms with Crippen molar-refractivity contribution in [2.45, 2.75) is 24.2 Å². The fourth-order valence-electron chi connectivity index (χ4n) is 3.31. The average Bonchev–Trinajstić information content (AvgIpc) is 2.83. The Morgan fingerprint density at radius 1 is 0.970 bits per heavy atom. The maximum Gasteiger partial charge on any atom is 0.340 e. The molecule has 1 aliphatic heterocycles. The molecule has 1 heterocycles. The van der Waals surface area contributed by atoms with Crippen molar-refractivity contribution in [1.29, 1.82) is 0 Å². The number of hydrogen-bond donors (Lipinski definition) is 2. The van der Waals surface area contributed by atoms with Crippen molar-refractivity contribution in [3.8, 4) is 5.75 Å². The van der Waals surface area contributed by atoms with Gasteiger partial charge in [0.1, 0.15) is 5.75 Å². The molecular weight excluding hydrogens is 450 g/mol. The molecule has 33 heavy (non-hydrogen) atoms. The van der Waals surface area contributed by atoms with Gasteiger partial charge >= 0.3 is 12.0 Å². The summed E-state index contributed by atoms with van der Waals surface area (Å²) < 4.78 is 37.3. The number of nitrogens with one attached hydrogen (secondary N) is 2. The normalized spacial score (nSPS) is 14.2. The third kappa shape index (κ3) is 6.30. The molecule has 0 saturated carbocycles. The van der Waals surface area contributed by atoms with Crippen LogP contribution in [0.1, 0.15) is 29.6 Å². The van der Waals surface area contributed by atoms with E-state index < -0.39 is 34.5 Å². The van der Waals surface area contributed by atoms with Crippen molar-refractivity contribution in [3.63, 3.8) is 0 Å². The zero-order valence-corrected chi connectivity index (χ0v) is 18.9. The van der Waals surface area contributed by atoms with Crippen LogP contribution in [0.3, 0.4) is 0 Å². The molecule has 0 aromatic heterocycles. The first-order chi connectivity index (χ1) is 15.8. The monoisotopic (exact) mass is 475 g/mol. The predicted molar refractivity (Wildman–Crippen MR) is 119 cm³/mol. The van der Waals surface area contributed by atoms with Gasteiger partial charge in [0.2, 0.25) is 10.0 Å². The Morgan fingerprint density at radius 3 is 2.30 bits per heavy atom. The van der Waals surface area contributed by atoms with Crippen LogP contribution in [0.5, 0.6) is 5.75 Å². The van der Waals surface area contributed by atoms with Crippen molar-refractivity contribution in [2.24, 2.45) is 0 Å². The van der Waals surface area contributed by atoms with Gasteiger partial charge in [0.05, 0.1) is 17.6 Å². The van der Waals surface area contributed by atoms with Crippen molar-refractivity contribution in [1.82, 2.24) is 9.62 Å². The summed E-state index contributed by atoms with van der Waals surface area (Å²) in [6.45, 7) is 0.0157. The van der Waals surface area contributed by atoms with Crippen LogP contribution in [0.25, 0.3) is 0 Å². The number of sulfonamides is 1. The van der Waals surface area contributed by atoms with Gasteiger partial charge in [0.25, 0.3) is 5.91 Å². The van der Waals surface area contributed by atoms with Crippen LogP contribution in [0.2, 0.25) is 0 Å². The van der Waals surface area contributed by atoms with Crippen molar-refractivity contribution in [3.05, 3.63) is 54.1 Å². The number of ether oxygens (including phenoxy) is 2. The molecule has 0 spiro atoms. The number of anilines is 1. The summed E-state index contributed by atoms with van der Waals surface area (Å²) in [6.07, 6.45) is 2.46. The number of nitrogens with zero attached hydrogens (tertiary/aromatic N) is 1. The summed E-state index contributed by atoms with van der Waals surface area (Å²) in [7, 11) is -2.37. The largest absolute Gasteiger partial charge is 0.497 e. The first-order valence-electron chi connectivity index (χ1n) is 10.3. The summed E-state index contributed by atoms with van der Waals surface area (Å²) >= 11 is 0. The van der Waals surface area contributed by atoms with E-state index >= 15 is 0 Å². The maximum absolute atomic E-state index is 13.0. The topological polar surface area (TPSA) is 131 Å². The van der Waals surface area contributed by atoms with Gasteiger partial charge in [0.15, 0.2) is 6.61 Å². The summed E-state index contributed by atoms with van der Waals surface area (Å²) in [5, 5.41) is 4.49. The molecule has 10 nitrogen and oxygen atoms in total. The molecular formula is C22H25N3O7S. The van der Waals surface area contributed by atoms with Gasteiger partial charge in [0, 0.05) is 18.8 Å². The van der Waals surface area contributed by atoms with E-state index in [-0.39, 0.29) is 10.5 Å². The van der Waals surface area contributed by atoms with Crippen LogP contribution in [-0.2, 0) is 19.6 Å². The number of benzene rings is 2. The lowest BCUT2D eigenvalue weighted by molar-refractivity contribution is -0.123. The van der Waals surface area contributed by atoms with Crippen LogP contribution in [0.4, 0.5) is 10.5 Å². The number of piperidine rings is 1. The number of esters is 1. The lowest BCUT2D eigenvalue weighted by Gasteiger charge is -2.26. The molecule has 11 heteroatoms. The fourth-order valence-corrected chi connectivity index (χ4v) is 5.01. The highest BCUT2D eigenvalue weighted by atomic mass is 32.2. The van der Waals surface area contributed by atoms with Crippen molar-refractivity contribution in [2.75, 3.05) is 32.1 Å². The zero-order chi connectivity index (χ0) is 23.8. The lowest BCUT2D eigenvalue weighted by Crippen LogP contribution is -2.38. The van der Waals surface area contributed by atoms with E-state index in [1.807, 2.05) is 5.32 Å². The van der Waals surface area contributed by atoms with Crippen LogP contribution in [-0.4, -0.2) is 57.4 Å². The first kappa shape index (κ1) is 24.2. The van der Waals surface area contributed by atoms with E-state index in [0.29, 0.717) is 24.5 Å². The maximum atomic E-state index is 13.0. The number of imide groups is 1. The highest BCUT2D eigenvalue weighted by Gasteiger charge is 2.30. The van der Waals surface area contributed by atoms with Crippen molar-refractivity contribution >= 4 is 33.6 Å². The molecule has 0 unspecified atom stereocenters. The fraction of sp³-hybridized carbons (Fsp3) is 0.318. The van der Waals surface area contributed by atoms with E-state index in [9.17, 15) is 22.8 Å². The molecule has 2 aromatic rings. The Balaban J connectivity index is 1.58. The van der Waals surface area contributed by atoms with E-state index in [4.69, 9.17) is 9.47 Å². The molecule has 3 rings (SSSR count). The van der Waals surface area contributed by atoms with E-state index in [1.54, 1.807) is 24.3 Å². The second-order valence-corrected chi connectivity index (χ2v) is 9.17. The summed E-state index contributed by atoms with van der Waals surface area (Å²) in [5.41, 5.74) is 0.258. The van der Waals surface area contributed by atoms with Gasteiger partial charge in [-0.2, -0.15) is 4.31 Å². The molecule has 0 radical (unpaired) electrons. The average molecular weight is 476 g/mol. The third-order valence-corrected chi connectivity index (χ3v) is 6.93. The number of carbonyl (C=O) groups excluding carboxylic acids is 3. The minimum absolute atomic E-state index is 0.168. The lowest BCUT2D eigenvalue weighted by atomic mass is 10.2. The number of urea groups is 1. The number of amides is 3. The highest BCUT2D eigenvalue weighted by molar-refractivity contribution is 7.89. The molecule has 0 bridgehead atoms. The molecule has 2 aromatic carbocycles. The predicted octanol–water partition coefficient (Wildman–Crippen LogP) is 2.37. The first-order valence-corrected chi connectivity index (χ1v) is 11.8. The van der Waals surface area contributed by atoms with E-state index in [2.05, 4.69) is 5.32 Å². The Morgan fingerprint density at radius 2 is 1.64 bits per heavy atom. The minimum atomic E-state index is -3.88. The van der Waals surface area contributed by atoms with Gasteiger partial charge in [-0.25, -0.2) is 18.0 Å².